The van der Waals surface area contributed by atoms with E-state index in [1.54, 1.807) is 0 Å². The van der Waals surface area contributed by atoms with Gasteiger partial charge in [0.15, 0.2) is 0 Å². The van der Waals surface area contributed by atoms with Gasteiger partial charge in [-0.15, -0.1) is 0 Å². The molecule has 0 atom stereocenters. The van der Waals surface area contributed by atoms with E-state index < -0.39 is 0 Å². The fourth-order valence-corrected chi connectivity index (χ4v) is 1.61. The first-order chi connectivity index (χ1) is 4.87. The molecule has 4 nitrogen and oxygen atoms in total. The van der Waals surface area contributed by atoms with Crippen LogP contribution in [0.3, 0.4) is 0 Å². The molecule has 1 spiro atoms. The van der Waals surface area contributed by atoms with Crippen LogP contribution >= 0.6 is 0 Å². The molecule has 2 rings (SSSR count). The zero-order chi connectivity index (χ0) is 7.03. The van der Waals surface area contributed by atoms with Gasteiger partial charge in [0.1, 0.15) is 0 Å². The molecule has 3 N–H and O–H groups in total. The molecule has 0 aliphatic carbocycles. The van der Waals surface area contributed by atoms with Crippen LogP contribution in [-0.4, -0.2) is 37.1 Å². The highest BCUT2D eigenvalue weighted by Gasteiger charge is 2.45. The topological polar surface area (TPSA) is 56.7 Å². The molecular weight excluding hydrogens is 130 g/mol. The van der Waals surface area contributed by atoms with Crippen LogP contribution in [0, 0.1) is 5.41 Å². The summed E-state index contributed by atoms with van der Waals surface area (Å²) in [6, 6.07) is 0. The SMILES string of the molecule is O/N=C1/CNCC12CNC2. The van der Waals surface area contributed by atoms with Crippen molar-refractivity contribution < 1.29 is 5.21 Å². The molecule has 2 aliphatic heterocycles. The van der Waals surface area contributed by atoms with Crippen LogP contribution < -0.4 is 10.6 Å². The van der Waals surface area contributed by atoms with Gasteiger partial charge < -0.3 is 15.8 Å². The standard InChI is InChI=1S/C6H11N3O/c10-9-5-1-7-2-6(5)3-8-4-6/h7-8,10H,1-4H2/b9-5-. The van der Waals surface area contributed by atoms with Gasteiger partial charge in [0.25, 0.3) is 0 Å². The van der Waals surface area contributed by atoms with Gasteiger partial charge in [0, 0.05) is 26.2 Å². The average molecular weight is 141 g/mol. The lowest BCUT2D eigenvalue weighted by molar-refractivity contribution is 0.260. The zero-order valence-corrected chi connectivity index (χ0v) is 5.72. The minimum absolute atomic E-state index is 0.161. The summed E-state index contributed by atoms with van der Waals surface area (Å²) in [6.45, 7) is 3.62. The van der Waals surface area contributed by atoms with Gasteiger partial charge in [-0.25, -0.2) is 0 Å². The Morgan fingerprint density at radius 2 is 2.00 bits per heavy atom. The molecule has 2 saturated heterocycles. The Bertz CT molecular complexity index is 174. The van der Waals surface area contributed by atoms with Gasteiger partial charge in [0.05, 0.1) is 11.1 Å². The largest absolute Gasteiger partial charge is 0.411 e. The Morgan fingerprint density at radius 3 is 2.40 bits per heavy atom. The molecule has 0 aromatic carbocycles. The zero-order valence-electron chi connectivity index (χ0n) is 5.72. The van der Waals surface area contributed by atoms with Crippen molar-refractivity contribution in [1.29, 1.82) is 0 Å². The van der Waals surface area contributed by atoms with Crippen LogP contribution in [0.5, 0.6) is 0 Å². The summed E-state index contributed by atoms with van der Waals surface area (Å²) in [4.78, 5) is 0. The van der Waals surface area contributed by atoms with Crippen molar-refractivity contribution in [2.45, 2.75) is 0 Å². The predicted octanol–water partition coefficient (Wildman–Crippen LogP) is -0.991. The third-order valence-electron chi connectivity index (χ3n) is 2.42. The molecule has 0 amide bonds. The van der Waals surface area contributed by atoms with Crippen LogP contribution in [0.25, 0.3) is 0 Å². The van der Waals surface area contributed by atoms with Crippen molar-refractivity contribution in [1.82, 2.24) is 10.6 Å². The Kier molecular flexibility index (Phi) is 1.18. The third kappa shape index (κ3) is 0.602. The highest BCUT2D eigenvalue weighted by atomic mass is 16.4. The summed E-state index contributed by atoms with van der Waals surface area (Å²) in [7, 11) is 0. The lowest BCUT2D eigenvalue weighted by Crippen LogP contribution is -2.58. The molecule has 0 unspecified atom stereocenters. The van der Waals surface area contributed by atoms with Gasteiger partial charge in [-0.2, -0.15) is 0 Å². The molecule has 0 aromatic rings. The summed E-state index contributed by atoms with van der Waals surface area (Å²) in [5, 5.41) is 18.2. The van der Waals surface area contributed by atoms with Crippen LogP contribution in [0.1, 0.15) is 0 Å². The van der Waals surface area contributed by atoms with Crippen LogP contribution in [0.2, 0.25) is 0 Å². The summed E-state index contributed by atoms with van der Waals surface area (Å²) in [6.07, 6.45) is 0. The molecular formula is C6H11N3O. The van der Waals surface area contributed by atoms with E-state index in [-0.39, 0.29) is 5.41 Å². The minimum Gasteiger partial charge on any atom is -0.411 e. The first-order valence-electron chi connectivity index (χ1n) is 3.50. The molecule has 2 heterocycles. The number of hydrogen-bond acceptors (Lipinski definition) is 4. The quantitative estimate of drug-likeness (QED) is 0.300. The van der Waals surface area contributed by atoms with E-state index in [2.05, 4.69) is 15.8 Å². The summed E-state index contributed by atoms with van der Waals surface area (Å²) in [5.74, 6) is 0. The van der Waals surface area contributed by atoms with Crippen molar-refractivity contribution in [3.63, 3.8) is 0 Å². The fourth-order valence-electron chi connectivity index (χ4n) is 1.61. The summed E-state index contributed by atoms with van der Waals surface area (Å²) in [5.41, 5.74) is 1.07. The predicted molar refractivity (Wildman–Crippen MR) is 37.4 cm³/mol. The van der Waals surface area contributed by atoms with E-state index in [9.17, 15) is 0 Å². The molecule has 0 aromatic heterocycles. The average Bonchev–Trinajstić information content (AvgIpc) is 2.27. The number of nitrogens with one attached hydrogen (secondary N) is 2. The van der Waals surface area contributed by atoms with Crippen LogP contribution in [0.15, 0.2) is 5.16 Å². The van der Waals surface area contributed by atoms with Crippen LogP contribution in [0.4, 0.5) is 0 Å². The highest BCUT2D eigenvalue weighted by molar-refractivity contribution is 5.95. The van der Waals surface area contributed by atoms with Gasteiger partial charge in [-0.05, 0) is 0 Å². The second-order valence-corrected chi connectivity index (χ2v) is 3.03. The monoisotopic (exact) mass is 141 g/mol. The second kappa shape index (κ2) is 1.93. The first kappa shape index (κ1) is 6.12. The van der Waals surface area contributed by atoms with Gasteiger partial charge in [-0.3, -0.25) is 0 Å². The van der Waals surface area contributed by atoms with Crippen molar-refractivity contribution in [2.24, 2.45) is 10.6 Å². The lowest BCUT2D eigenvalue weighted by atomic mass is 9.80. The minimum atomic E-state index is 0.161. The Morgan fingerprint density at radius 1 is 1.30 bits per heavy atom. The number of hydrogen-bond donors (Lipinski definition) is 3. The Balaban J connectivity index is 2.20. The number of nitrogens with zero attached hydrogens (tertiary/aromatic N) is 1. The van der Waals surface area contributed by atoms with E-state index in [1.807, 2.05) is 0 Å². The fraction of sp³-hybridized carbons (Fsp3) is 0.833. The van der Waals surface area contributed by atoms with E-state index in [0.717, 1.165) is 31.9 Å². The third-order valence-corrected chi connectivity index (χ3v) is 2.42. The molecule has 0 saturated carbocycles. The molecule has 56 valence electrons. The van der Waals surface area contributed by atoms with E-state index in [1.165, 1.54) is 0 Å². The molecule has 0 radical (unpaired) electrons. The molecule has 2 aliphatic rings. The smallest absolute Gasteiger partial charge is 0.0808 e. The van der Waals surface area contributed by atoms with E-state index >= 15 is 0 Å². The molecule has 0 bridgehead atoms. The summed E-state index contributed by atoms with van der Waals surface area (Å²) < 4.78 is 0. The number of oxime groups is 1. The lowest BCUT2D eigenvalue weighted by Gasteiger charge is -2.38. The Hall–Kier alpha value is -0.610. The van der Waals surface area contributed by atoms with E-state index in [4.69, 9.17) is 5.21 Å². The van der Waals surface area contributed by atoms with E-state index in [0.29, 0.717) is 0 Å². The first-order valence-corrected chi connectivity index (χ1v) is 3.50. The molecule has 4 heteroatoms. The van der Waals surface area contributed by atoms with Gasteiger partial charge >= 0.3 is 0 Å². The van der Waals surface area contributed by atoms with Crippen molar-refractivity contribution in [3.8, 4) is 0 Å². The van der Waals surface area contributed by atoms with Crippen molar-refractivity contribution in [3.05, 3.63) is 0 Å². The van der Waals surface area contributed by atoms with Crippen LogP contribution in [-0.2, 0) is 0 Å². The number of rotatable bonds is 0. The second-order valence-electron chi connectivity index (χ2n) is 3.03. The van der Waals surface area contributed by atoms with Crippen molar-refractivity contribution >= 4 is 5.71 Å². The maximum Gasteiger partial charge on any atom is 0.0808 e. The maximum absolute atomic E-state index is 8.59. The van der Waals surface area contributed by atoms with Crippen molar-refractivity contribution in [2.75, 3.05) is 26.2 Å². The summed E-state index contributed by atoms with van der Waals surface area (Å²) >= 11 is 0. The van der Waals surface area contributed by atoms with Gasteiger partial charge in [0.2, 0.25) is 0 Å². The Labute approximate surface area is 59.3 Å². The maximum atomic E-state index is 8.59. The highest BCUT2D eigenvalue weighted by Crippen LogP contribution is 2.26. The normalized spacial score (nSPS) is 33.0. The van der Waals surface area contributed by atoms with Gasteiger partial charge in [-0.1, -0.05) is 5.16 Å². The molecule has 10 heavy (non-hydrogen) atoms. The molecule has 2 fully saturated rings.